The molecule has 0 aliphatic carbocycles. The second kappa shape index (κ2) is 7.79. The van der Waals surface area contributed by atoms with E-state index in [0.717, 1.165) is 42.5 Å². The lowest BCUT2D eigenvalue weighted by atomic mass is 10.2. The summed E-state index contributed by atoms with van der Waals surface area (Å²) in [5, 5.41) is 12.6. The lowest BCUT2D eigenvalue weighted by Gasteiger charge is -2.34. The molecule has 2 fully saturated rings. The van der Waals surface area contributed by atoms with Gasteiger partial charge in [-0.25, -0.2) is 24.6 Å². The van der Waals surface area contributed by atoms with E-state index < -0.39 is 0 Å². The Bertz CT molecular complexity index is 1230. The van der Waals surface area contributed by atoms with Crippen LogP contribution < -0.4 is 9.80 Å². The fraction of sp³-hybridized carbons (Fsp3) is 0.450. The summed E-state index contributed by atoms with van der Waals surface area (Å²) in [5.41, 5.74) is 3.83. The van der Waals surface area contributed by atoms with Gasteiger partial charge in [0.1, 0.15) is 0 Å². The van der Waals surface area contributed by atoms with Crippen LogP contribution in [0, 0.1) is 0 Å². The van der Waals surface area contributed by atoms with Gasteiger partial charge in [-0.15, -0.1) is 5.10 Å². The van der Waals surface area contributed by atoms with Crippen LogP contribution in [0.2, 0.25) is 0 Å². The highest BCUT2D eigenvalue weighted by Crippen LogP contribution is 2.22. The lowest BCUT2D eigenvalue weighted by Crippen LogP contribution is -2.45. The van der Waals surface area contributed by atoms with Gasteiger partial charge < -0.3 is 14.5 Å². The average molecular weight is 433 g/mol. The maximum atomic E-state index is 5.98. The van der Waals surface area contributed by atoms with Gasteiger partial charge in [-0.2, -0.15) is 5.10 Å². The number of rotatable bonds is 5. The van der Waals surface area contributed by atoms with Crippen LogP contribution in [0.5, 0.6) is 0 Å². The van der Waals surface area contributed by atoms with Gasteiger partial charge in [0, 0.05) is 45.0 Å². The molecule has 6 rings (SSSR count). The van der Waals surface area contributed by atoms with E-state index in [-0.39, 0.29) is 6.10 Å². The van der Waals surface area contributed by atoms with Crippen LogP contribution in [0.1, 0.15) is 6.42 Å². The van der Waals surface area contributed by atoms with Gasteiger partial charge in [0.05, 0.1) is 55.4 Å². The molecule has 0 unspecified atom stereocenters. The van der Waals surface area contributed by atoms with Gasteiger partial charge in [-0.1, -0.05) is 5.21 Å². The molecule has 0 aromatic carbocycles. The van der Waals surface area contributed by atoms with Gasteiger partial charge in [0.2, 0.25) is 11.6 Å². The van der Waals surface area contributed by atoms with Gasteiger partial charge in [-0.3, -0.25) is 4.68 Å². The zero-order valence-corrected chi connectivity index (χ0v) is 17.7. The molecule has 12 nitrogen and oxygen atoms in total. The second-order valence-corrected chi connectivity index (χ2v) is 8.10. The minimum Gasteiger partial charge on any atom is -0.373 e. The van der Waals surface area contributed by atoms with Gasteiger partial charge >= 0.3 is 0 Å². The number of hydrogen-bond donors (Lipinski definition) is 0. The first kappa shape index (κ1) is 19.0. The van der Waals surface area contributed by atoms with Crippen LogP contribution in [0.4, 0.5) is 11.6 Å². The molecule has 1 atom stereocenters. The molecule has 6 heterocycles. The Morgan fingerprint density at radius 3 is 2.66 bits per heavy atom. The van der Waals surface area contributed by atoms with E-state index >= 15 is 0 Å². The van der Waals surface area contributed by atoms with E-state index in [9.17, 15) is 0 Å². The Balaban J connectivity index is 1.16. The quantitative estimate of drug-likeness (QED) is 0.441. The van der Waals surface area contributed by atoms with Crippen LogP contribution >= 0.6 is 0 Å². The summed E-state index contributed by atoms with van der Waals surface area (Å²) in [6.07, 6.45) is 10.3. The molecule has 12 heteroatoms. The number of fused-ring (bicyclic) bond motifs is 1. The maximum Gasteiger partial charge on any atom is 0.225 e. The van der Waals surface area contributed by atoms with Crippen LogP contribution in [-0.4, -0.2) is 83.6 Å². The van der Waals surface area contributed by atoms with E-state index in [0.29, 0.717) is 31.0 Å². The second-order valence-electron chi connectivity index (χ2n) is 8.10. The largest absolute Gasteiger partial charge is 0.373 e. The highest BCUT2D eigenvalue weighted by Gasteiger charge is 2.25. The first-order valence-electron chi connectivity index (χ1n) is 10.7. The molecular weight excluding hydrogens is 410 g/mol. The normalized spacial score (nSPS) is 18.8. The van der Waals surface area contributed by atoms with E-state index in [1.807, 2.05) is 25.6 Å². The molecule has 2 aliphatic rings. The lowest BCUT2D eigenvalue weighted by molar-refractivity contribution is 0.0273. The molecule has 0 N–H and O–H groups in total. The van der Waals surface area contributed by atoms with Crippen molar-refractivity contribution >= 4 is 22.9 Å². The highest BCUT2D eigenvalue weighted by atomic mass is 16.5. The molecule has 0 saturated carbocycles. The summed E-state index contributed by atoms with van der Waals surface area (Å²) in [6, 6.07) is 0. The Morgan fingerprint density at radius 2 is 1.91 bits per heavy atom. The zero-order chi connectivity index (χ0) is 21.5. The smallest absolute Gasteiger partial charge is 0.225 e. The van der Waals surface area contributed by atoms with Crippen molar-refractivity contribution in [3.8, 4) is 11.3 Å². The number of ether oxygens (including phenoxy) is 1. The maximum absolute atomic E-state index is 5.98. The summed E-state index contributed by atoms with van der Waals surface area (Å²) in [7, 11) is 1.87. The van der Waals surface area contributed by atoms with Crippen LogP contribution in [0.3, 0.4) is 0 Å². The summed E-state index contributed by atoms with van der Waals surface area (Å²) in [6.45, 7) is 4.73. The van der Waals surface area contributed by atoms with E-state index in [4.69, 9.17) is 4.74 Å². The van der Waals surface area contributed by atoms with Crippen LogP contribution in [0.25, 0.3) is 22.6 Å². The number of aromatic nitrogens is 9. The number of aryl methyl sites for hydroxylation is 1. The Labute approximate surface area is 183 Å². The number of hydrogen-bond acceptors (Lipinski definition) is 10. The first-order chi connectivity index (χ1) is 15.7. The van der Waals surface area contributed by atoms with Crippen molar-refractivity contribution in [1.82, 2.24) is 44.7 Å². The van der Waals surface area contributed by atoms with Crippen LogP contribution in [-0.2, 0) is 18.3 Å². The van der Waals surface area contributed by atoms with Crippen molar-refractivity contribution in [3.63, 3.8) is 0 Å². The van der Waals surface area contributed by atoms with Crippen LogP contribution in [0.15, 0.2) is 31.0 Å². The number of nitrogens with zero attached hydrogens (tertiary/aromatic N) is 11. The summed E-state index contributed by atoms with van der Waals surface area (Å²) >= 11 is 0. The Kier molecular flexibility index (Phi) is 4.63. The first-order valence-corrected chi connectivity index (χ1v) is 10.7. The van der Waals surface area contributed by atoms with Gasteiger partial charge in [-0.05, 0) is 6.42 Å². The molecule has 164 valence electrons. The fourth-order valence-corrected chi connectivity index (χ4v) is 4.00. The molecule has 32 heavy (non-hydrogen) atoms. The summed E-state index contributed by atoms with van der Waals surface area (Å²) < 4.78 is 9.46. The van der Waals surface area contributed by atoms with Crippen molar-refractivity contribution in [3.05, 3.63) is 31.0 Å². The van der Waals surface area contributed by atoms with Crippen molar-refractivity contribution in [2.24, 2.45) is 7.05 Å². The minimum absolute atomic E-state index is 0.0768. The molecule has 2 saturated heterocycles. The third-order valence-electron chi connectivity index (χ3n) is 5.87. The van der Waals surface area contributed by atoms with Gasteiger partial charge in [0.25, 0.3) is 0 Å². The zero-order valence-electron chi connectivity index (χ0n) is 17.7. The molecule has 4 aromatic heterocycles. The summed E-state index contributed by atoms with van der Waals surface area (Å²) in [4.78, 5) is 22.7. The third kappa shape index (κ3) is 3.51. The predicted molar refractivity (Wildman–Crippen MR) is 116 cm³/mol. The predicted octanol–water partition coefficient (Wildman–Crippen LogP) is 0.527. The SMILES string of the molecule is Cn1cc(-c2cnc3c(nnn3C[C@@H]3CN(c4ncc(N5CCC5)cn4)CCO3)n2)cn1. The van der Waals surface area contributed by atoms with Gasteiger partial charge in [0.15, 0.2) is 5.65 Å². The molecular formula is C20H23N11O. The fourth-order valence-electron chi connectivity index (χ4n) is 4.00. The number of morpholine rings is 1. The average Bonchev–Trinajstić information content (AvgIpc) is 3.39. The van der Waals surface area contributed by atoms with Crippen molar-refractivity contribution in [2.45, 2.75) is 19.1 Å². The molecule has 0 bridgehead atoms. The Hall–Kier alpha value is -3.67. The van der Waals surface area contributed by atoms with Crippen molar-refractivity contribution in [1.29, 1.82) is 0 Å². The molecule has 0 radical (unpaired) electrons. The molecule has 4 aromatic rings. The molecule has 0 amide bonds. The Morgan fingerprint density at radius 1 is 1.03 bits per heavy atom. The third-order valence-corrected chi connectivity index (χ3v) is 5.87. The van der Waals surface area contributed by atoms with E-state index in [1.165, 1.54) is 6.42 Å². The monoisotopic (exact) mass is 433 g/mol. The molecule has 2 aliphatic heterocycles. The molecule has 0 spiro atoms. The highest BCUT2D eigenvalue weighted by molar-refractivity contribution is 5.69. The van der Waals surface area contributed by atoms with Crippen molar-refractivity contribution in [2.75, 3.05) is 42.6 Å². The number of anilines is 2. The standard InChI is InChI=1S/C20H23N11O/c1-28-11-14(7-24-28)17-10-21-19-18(25-17)26-27-31(19)13-16-12-30(5-6-32-16)20-22-8-15(9-23-20)29-3-2-4-29/h7-11,16H,2-6,12-13H2,1H3/t16-/m0/s1. The summed E-state index contributed by atoms with van der Waals surface area (Å²) in [5.74, 6) is 0.729. The van der Waals surface area contributed by atoms with E-state index in [1.54, 1.807) is 21.8 Å². The van der Waals surface area contributed by atoms with Crippen molar-refractivity contribution < 1.29 is 4.74 Å². The minimum atomic E-state index is -0.0768. The van der Waals surface area contributed by atoms with E-state index in [2.05, 4.69) is 45.1 Å². The topological polar surface area (TPSA) is 116 Å².